The summed E-state index contributed by atoms with van der Waals surface area (Å²) in [5, 5.41) is 0.640. The van der Waals surface area contributed by atoms with E-state index in [1.807, 2.05) is 0 Å². The van der Waals surface area contributed by atoms with Crippen molar-refractivity contribution in [2.24, 2.45) is 0 Å². The first-order valence-corrected chi connectivity index (χ1v) is 9.56. The molecule has 5 nitrogen and oxygen atoms in total. The minimum absolute atomic E-state index is 0.251. The lowest BCUT2D eigenvalue weighted by Crippen LogP contribution is -2.30. The number of ketones is 1. The number of para-hydroxylation sites is 1. The van der Waals surface area contributed by atoms with E-state index in [4.69, 9.17) is 4.42 Å². The Balaban J connectivity index is 1.88. The molecule has 0 saturated heterocycles. The molecule has 0 aliphatic heterocycles. The maximum Gasteiger partial charge on any atom is 0.534 e. The summed E-state index contributed by atoms with van der Waals surface area (Å²) in [7, 11) is -5.82. The summed E-state index contributed by atoms with van der Waals surface area (Å²) in [6.07, 6.45) is 0. The Labute approximate surface area is 157 Å². The summed E-state index contributed by atoms with van der Waals surface area (Å²) in [6, 6.07) is 10.4. The third kappa shape index (κ3) is 2.53. The third-order valence-corrected chi connectivity index (χ3v) is 5.77. The highest BCUT2D eigenvalue weighted by Gasteiger charge is 2.49. The van der Waals surface area contributed by atoms with Crippen LogP contribution in [0.1, 0.15) is 41.1 Å². The van der Waals surface area contributed by atoms with Crippen LogP contribution in [0.15, 0.2) is 46.9 Å². The maximum atomic E-state index is 13.0. The minimum atomic E-state index is -5.82. The molecule has 0 spiro atoms. The Morgan fingerprint density at radius 2 is 1.75 bits per heavy atom. The molecule has 1 aliphatic rings. The standard InChI is InChI=1S/C19H13F3O5S/c1-18(2)13-9-10(27-28(24,25)19(20,21)22)7-8-11(13)16(23)15-12-5-3-4-6-14(12)26-17(15)18/h3-9H,1-2H3. The fraction of sp³-hybridized carbons (Fsp3) is 0.211. The second kappa shape index (κ2) is 5.60. The van der Waals surface area contributed by atoms with Gasteiger partial charge in [-0.05, 0) is 43.7 Å². The number of carbonyl (C=O) groups is 1. The van der Waals surface area contributed by atoms with Gasteiger partial charge in [0.25, 0.3) is 0 Å². The molecule has 2 aromatic carbocycles. The number of furan rings is 1. The van der Waals surface area contributed by atoms with Gasteiger partial charge in [0.15, 0.2) is 5.78 Å². The van der Waals surface area contributed by atoms with Crippen LogP contribution in [0.4, 0.5) is 13.2 Å². The molecule has 0 radical (unpaired) electrons. The van der Waals surface area contributed by atoms with Crippen LogP contribution in [0.2, 0.25) is 0 Å². The minimum Gasteiger partial charge on any atom is -0.459 e. The zero-order valence-corrected chi connectivity index (χ0v) is 15.4. The number of carbonyl (C=O) groups excluding carboxylic acids is 1. The summed E-state index contributed by atoms with van der Waals surface area (Å²) in [5.74, 6) is -0.516. The van der Waals surface area contributed by atoms with E-state index in [1.54, 1.807) is 38.1 Å². The van der Waals surface area contributed by atoms with Crippen LogP contribution in [0.5, 0.6) is 5.75 Å². The molecule has 28 heavy (non-hydrogen) atoms. The van der Waals surface area contributed by atoms with Crippen molar-refractivity contribution in [3.8, 4) is 5.75 Å². The molecule has 4 rings (SSSR count). The van der Waals surface area contributed by atoms with Crippen LogP contribution in [-0.2, 0) is 15.5 Å². The third-order valence-electron chi connectivity index (χ3n) is 4.79. The van der Waals surface area contributed by atoms with E-state index < -0.39 is 26.8 Å². The first-order chi connectivity index (χ1) is 12.9. The quantitative estimate of drug-likeness (QED) is 0.458. The van der Waals surface area contributed by atoms with Crippen LogP contribution < -0.4 is 4.18 Å². The van der Waals surface area contributed by atoms with E-state index in [2.05, 4.69) is 4.18 Å². The molecule has 0 atom stereocenters. The zero-order valence-electron chi connectivity index (χ0n) is 14.6. The molecular formula is C19H13F3O5S. The van der Waals surface area contributed by atoms with Gasteiger partial charge in [-0.25, -0.2) is 0 Å². The first-order valence-electron chi connectivity index (χ1n) is 8.15. The number of halogens is 3. The van der Waals surface area contributed by atoms with E-state index in [1.165, 1.54) is 6.07 Å². The van der Waals surface area contributed by atoms with Crippen molar-refractivity contribution in [2.45, 2.75) is 24.8 Å². The summed E-state index contributed by atoms with van der Waals surface area (Å²) in [4.78, 5) is 13.0. The number of rotatable bonds is 2. The van der Waals surface area contributed by atoms with E-state index in [9.17, 15) is 26.4 Å². The van der Waals surface area contributed by atoms with Crippen LogP contribution in [-0.4, -0.2) is 19.7 Å². The highest BCUT2D eigenvalue weighted by Crippen LogP contribution is 2.46. The number of hydrogen-bond donors (Lipinski definition) is 0. The van der Waals surface area contributed by atoms with Crippen molar-refractivity contribution in [3.63, 3.8) is 0 Å². The zero-order chi connectivity index (χ0) is 20.5. The van der Waals surface area contributed by atoms with Crippen molar-refractivity contribution >= 4 is 26.9 Å². The number of fused-ring (bicyclic) bond motifs is 4. The van der Waals surface area contributed by atoms with Gasteiger partial charge in [-0.2, -0.15) is 21.6 Å². The fourth-order valence-corrected chi connectivity index (χ4v) is 3.88. The van der Waals surface area contributed by atoms with Crippen LogP contribution in [0, 0.1) is 0 Å². The van der Waals surface area contributed by atoms with Gasteiger partial charge in [0, 0.05) is 16.4 Å². The van der Waals surface area contributed by atoms with Crippen molar-refractivity contribution in [1.29, 1.82) is 0 Å². The van der Waals surface area contributed by atoms with Crippen molar-refractivity contribution in [2.75, 3.05) is 0 Å². The van der Waals surface area contributed by atoms with Gasteiger partial charge < -0.3 is 8.60 Å². The van der Waals surface area contributed by atoms with E-state index >= 15 is 0 Å². The van der Waals surface area contributed by atoms with Gasteiger partial charge in [-0.15, -0.1) is 0 Å². The molecule has 1 aliphatic carbocycles. The average Bonchev–Trinajstić information content (AvgIpc) is 2.99. The Bertz CT molecular complexity index is 1240. The molecule has 0 amide bonds. The molecule has 0 fully saturated rings. The molecular weight excluding hydrogens is 397 g/mol. The molecule has 0 unspecified atom stereocenters. The number of alkyl halides is 3. The molecule has 0 bridgehead atoms. The molecule has 1 heterocycles. The molecule has 3 aromatic rings. The predicted molar refractivity (Wildman–Crippen MR) is 93.8 cm³/mol. The molecule has 1 aromatic heterocycles. The SMILES string of the molecule is CC1(C)c2cc(OS(=O)(=O)C(F)(F)F)ccc2C(=O)c2c1oc1ccccc21. The summed E-state index contributed by atoms with van der Waals surface area (Å²) < 4.78 is 70.5. The van der Waals surface area contributed by atoms with Gasteiger partial charge >= 0.3 is 15.6 Å². The van der Waals surface area contributed by atoms with Crippen molar-refractivity contribution < 1.29 is 35.0 Å². The smallest absolute Gasteiger partial charge is 0.459 e. The second-order valence-corrected chi connectivity index (χ2v) is 8.48. The largest absolute Gasteiger partial charge is 0.534 e. The summed E-state index contributed by atoms with van der Waals surface area (Å²) in [6.45, 7) is 3.48. The van der Waals surface area contributed by atoms with Crippen molar-refractivity contribution in [1.82, 2.24) is 0 Å². The Morgan fingerprint density at radius 1 is 1.07 bits per heavy atom. The van der Waals surface area contributed by atoms with Crippen LogP contribution >= 0.6 is 0 Å². The second-order valence-electron chi connectivity index (χ2n) is 6.95. The highest BCUT2D eigenvalue weighted by atomic mass is 32.2. The average molecular weight is 410 g/mol. The lowest BCUT2D eigenvalue weighted by Gasteiger charge is -2.30. The Hall–Kier alpha value is -2.81. The number of benzene rings is 2. The van der Waals surface area contributed by atoms with E-state index in [0.29, 0.717) is 27.9 Å². The highest BCUT2D eigenvalue weighted by molar-refractivity contribution is 7.88. The van der Waals surface area contributed by atoms with Gasteiger partial charge in [-0.3, -0.25) is 4.79 Å². The molecule has 0 saturated carbocycles. The van der Waals surface area contributed by atoms with Crippen LogP contribution in [0.3, 0.4) is 0 Å². The molecule has 146 valence electrons. The summed E-state index contributed by atoms with van der Waals surface area (Å²) in [5.41, 5.74) is -4.98. The lowest BCUT2D eigenvalue weighted by atomic mass is 9.72. The van der Waals surface area contributed by atoms with Crippen molar-refractivity contribution in [3.05, 3.63) is 64.9 Å². The monoisotopic (exact) mass is 410 g/mol. The first kappa shape index (κ1) is 18.5. The topological polar surface area (TPSA) is 73.6 Å². The van der Waals surface area contributed by atoms with Gasteiger partial charge in [0.2, 0.25) is 0 Å². The number of hydrogen-bond acceptors (Lipinski definition) is 5. The summed E-state index contributed by atoms with van der Waals surface area (Å²) >= 11 is 0. The lowest BCUT2D eigenvalue weighted by molar-refractivity contribution is -0.0500. The van der Waals surface area contributed by atoms with Gasteiger partial charge in [0.05, 0.1) is 5.56 Å². The fourth-order valence-electron chi connectivity index (χ4n) is 3.43. The van der Waals surface area contributed by atoms with Gasteiger partial charge in [0.1, 0.15) is 17.1 Å². The predicted octanol–water partition coefficient (Wildman–Crippen LogP) is 4.53. The van der Waals surface area contributed by atoms with E-state index in [0.717, 1.165) is 12.1 Å². The van der Waals surface area contributed by atoms with Gasteiger partial charge in [-0.1, -0.05) is 18.2 Å². The molecule has 0 N–H and O–H groups in total. The van der Waals surface area contributed by atoms with Crippen LogP contribution in [0.25, 0.3) is 11.0 Å². The molecule has 9 heteroatoms. The normalized spacial score (nSPS) is 16.0. The Kier molecular flexibility index (Phi) is 3.71. The Morgan fingerprint density at radius 3 is 2.43 bits per heavy atom. The maximum absolute atomic E-state index is 13.0. The van der Waals surface area contributed by atoms with E-state index in [-0.39, 0.29) is 11.3 Å².